The SMILES string of the molecule is CC(C)CNC1CCN(C(=O)C(C)C)C1. The van der Waals surface area contributed by atoms with Crippen LogP contribution >= 0.6 is 0 Å². The number of hydrogen-bond acceptors (Lipinski definition) is 2. The summed E-state index contributed by atoms with van der Waals surface area (Å²) >= 11 is 0. The fourth-order valence-corrected chi connectivity index (χ4v) is 1.89. The van der Waals surface area contributed by atoms with E-state index in [2.05, 4.69) is 19.2 Å². The van der Waals surface area contributed by atoms with Crippen molar-refractivity contribution in [1.82, 2.24) is 10.2 Å². The lowest BCUT2D eigenvalue weighted by atomic mass is 10.2. The summed E-state index contributed by atoms with van der Waals surface area (Å²) in [4.78, 5) is 13.7. The van der Waals surface area contributed by atoms with Crippen molar-refractivity contribution in [3.63, 3.8) is 0 Å². The van der Waals surface area contributed by atoms with Crippen molar-refractivity contribution < 1.29 is 4.79 Å². The van der Waals surface area contributed by atoms with Crippen LogP contribution in [0.1, 0.15) is 34.1 Å². The Hall–Kier alpha value is -0.570. The summed E-state index contributed by atoms with van der Waals surface area (Å²) < 4.78 is 0. The smallest absolute Gasteiger partial charge is 0.225 e. The molecule has 1 aliphatic heterocycles. The van der Waals surface area contributed by atoms with E-state index in [4.69, 9.17) is 0 Å². The molecular weight excluding hydrogens is 188 g/mol. The predicted molar refractivity (Wildman–Crippen MR) is 62.7 cm³/mol. The number of likely N-dealkylation sites (tertiary alicyclic amines) is 1. The first-order valence-corrected chi connectivity index (χ1v) is 6.03. The summed E-state index contributed by atoms with van der Waals surface area (Å²) in [5.74, 6) is 1.11. The van der Waals surface area contributed by atoms with Crippen molar-refractivity contribution in [2.75, 3.05) is 19.6 Å². The van der Waals surface area contributed by atoms with Crippen LogP contribution in [0.25, 0.3) is 0 Å². The van der Waals surface area contributed by atoms with Gasteiger partial charge < -0.3 is 10.2 Å². The molecule has 0 aliphatic carbocycles. The number of carbonyl (C=O) groups excluding carboxylic acids is 1. The molecule has 1 amide bonds. The highest BCUT2D eigenvalue weighted by Gasteiger charge is 2.26. The molecular formula is C12H24N2O. The zero-order valence-electron chi connectivity index (χ0n) is 10.4. The number of rotatable bonds is 4. The summed E-state index contributed by atoms with van der Waals surface area (Å²) in [6.07, 6.45) is 1.10. The van der Waals surface area contributed by atoms with Crippen molar-refractivity contribution in [3.05, 3.63) is 0 Å². The van der Waals surface area contributed by atoms with Gasteiger partial charge in [0, 0.05) is 25.0 Å². The van der Waals surface area contributed by atoms with E-state index in [1.165, 1.54) is 0 Å². The second-order valence-corrected chi connectivity index (χ2v) is 5.23. The monoisotopic (exact) mass is 212 g/mol. The highest BCUT2D eigenvalue weighted by Crippen LogP contribution is 2.12. The number of nitrogens with zero attached hydrogens (tertiary/aromatic N) is 1. The molecule has 3 nitrogen and oxygen atoms in total. The van der Waals surface area contributed by atoms with Crippen LogP contribution in [0.2, 0.25) is 0 Å². The number of carbonyl (C=O) groups is 1. The Labute approximate surface area is 93.2 Å². The molecule has 1 N–H and O–H groups in total. The molecule has 1 fully saturated rings. The van der Waals surface area contributed by atoms with Crippen LogP contribution in [-0.4, -0.2) is 36.5 Å². The van der Waals surface area contributed by atoms with Gasteiger partial charge in [0.25, 0.3) is 0 Å². The lowest BCUT2D eigenvalue weighted by Crippen LogP contribution is -2.38. The lowest BCUT2D eigenvalue weighted by Gasteiger charge is -2.19. The standard InChI is InChI=1S/C12H24N2O/c1-9(2)7-13-11-5-6-14(8-11)12(15)10(3)4/h9-11,13H,5-8H2,1-4H3. The zero-order chi connectivity index (χ0) is 11.4. The molecule has 1 unspecified atom stereocenters. The summed E-state index contributed by atoms with van der Waals surface area (Å²) in [7, 11) is 0. The summed E-state index contributed by atoms with van der Waals surface area (Å²) in [6, 6.07) is 0.509. The minimum atomic E-state index is 0.133. The molecule has 1 aliphatic rings. The summed E-state index contributed by atoms with van der Waals surface area (Å²) in [6.45, 7) is 11.2. The normalized spacial score (nSPS) is 21.7. The van der Waals surface area contributed by atoms with E-state index >= 15 is 0 Å². The molecule has 0 spiro atoms. The van der Waals surface area contributed by atoms with Gasteiger partial charge in [0.05, 0.1) is 0 Å². The molecule has 0 aromatic carbocycles. The van der Waals surface area contributed by atoms with Crippen LogP contribution in [0.15, 0.2) is 0 Å². The average molecular weight is 212 g/mol. The third-order valence-electron chi connectivity index (χ3n) is 2.81. The highest BCUT2D eigenvalue weighted by atomic mass is 16.2. The Balaban J connectivity index is 2.29. The molecule has 0 aromatic rings. The molecule has 15 heavy (non-hydrogen) atoms. The molecule has 0 radical (unpaired) electrons. The van der Waals surface area contributed by atoms with E-state index in [0.717, 1.165) is 26.1 Å². The third-order valence-corrected chi connectivity index (χ3v) is 2.81. The maximum Gasteiger partial charge on any atom is 0.225 e. The van der Waals surface area contributed by atoms with Gasteiger partial charge in [0.1, 0.15) is 0 Å². The van der Waals surface area contributed by atoms with Crippen molar-refractivity contribution in [3.8, 4) is 0 Å². The van der Waals surface area contributed by atoms with Gasteiger partial charge in [0.2, 0.25) is 5.91 Å². The van der Waals surface area contributed by atoms with Crippen molar-refractivity contribution in [2.45, 2.75) is 40.2 Å². The van der Waals surface area contributed by atoms with Gasteiger partial charge in [0.15, 0.2) is 0 Å². The third kappa shape index (κ3) is 3.82. The topological polar surface area (TPSA) is 32.3 Å². The second-order valence-electron chi connectivity index (χ2n) is 5.23. The Bertz CT molecular complexity index is 214. The molecule has 1 saturated heterocycles. The van der Waals surface area contributed by atoms with Crippen LogP contribution in [0.3, 0.4) is 0 Å². The van der Waals surface area contributed by atoms with Crippen molar-refractivity contribution in [2.24, 2.45) is 11.8 Å². The Kier molecular flexibility index (Phi) is 4.58. The first-order valence-electron chi connectivity index (χ1n) is 6.03. The molecule has 3 heteroatoms. The minimum absolute atomic E-state index is 0.133. The Morgan fingerprint density at radius 1 is 1.40 bits per heavy atom. The van der Waals surface area contributed by atoms with E-state index in [9.17, 15) is 4.79 Å². The first kappa shape index (κ1) is 12.5. The van der Waals surface area contributed by atoms with Crippen LogP contribution in [0.4, 0.5) is 0 Å². The van der Waals surface area contributed by atoms with Gasteiger partial charge in [-0.05, 0) is 18.9 Å². The average Bonchev–Trinajstić information content (AvgIpc) is 2.61. The zero-order valence-corrected chi connectivity index (χ0v) is 10.4. The van der Waals surface area contributed by atoms with E-state index in [0.29, 0.717) is 17.9 Å². The van der Waals surface area contributed by atoms with Gasteiger partial charge in [-0.1, -0.05) is 27.7 Å². The van der Waals surface area contributed by atoms with Gasteiger partial charge in [-0.15, -0.1) is 0 Å². The fraction of sp³-hybridized carbons (Fsp3) is 0.917. The molecule has 0 bridgehead atoms. The second kappa shape index (κ2) is 5.50. The highest BCUT2D eigenvalue weighted by molar-refractivity contribution is 5.78. The van der Waals surface area contributed by atoms with E-state index in [1.54, 1.807) is 0 Å². The molecule has 0 aromatic heterocycles. The van der Waals surface area contributed by atoms with E-state index in [-0.39, 0.29) is 5.92 Å². The summed E-state index contributed by atoms with van der Waals surface area (Å²) in [5.41, 5.74) is 0. The maximum atomic E-state index is 11.7. The van der Waals surface area contributed by atoms with E-state index in [1.807, 2.05) is 18.7 Å². The van der Waals surface area contributed by atoms with Crippen molar-refractivity contribution in [1.29, 1.82) is 0 Å². The predicted octanol–water partition coefficient (Wildman–Crippen LogP) is 1.49. The van der Waals surface area contributed by atoms with Gasteiger partial charge in [-0.25, -0.2) is 0 Å². The molecule has 0 saturated carbocycles. The van der Waals surface area contributed by atoms with Gasteiger partial charge >= 0.3 is 0 Å². The molecule has 1 rings (SSSR count). The largest absolute Gasteiger partial charge is 0.341 e. The maximum absolute atomic E-state index is 11.7. The van der Waals surface area contributed by atoms with Gasteiger partial charge in [-0.3, -0.25) is 4.79 Å². The Morgan fingerprint density at radius 3 is 2.60 bits per heavy atom. The van der Waals surface area contributed by atoms with E-state index < -0.39 is 0 Å². The van der Waals surface area contributed by atoms with Crippen LogP contribution in [0, 0.1) is 11.8 Å². The summed E-state index contributed by atoms with van der Waals surface area (Å²) in [5, 5.41) is 3.51. The van der Waals surface area contributed by atoms with Crippen LogP contribution in [-0.2, 0) is 4.79 Å². The van der Waals surface area contributed by atoms with Gasteiger partial charge in [-0.2, -0.15) is 0 Å². The molecule has 88 valence electrons. The fourth-order valence-electron chi connectivity index (χ4n) is 1.89. The molecule has 1 atom stereocenters. The number of nitrogens with one attached hydrogen (secondary N) is 1. The lowest BCUT2D eigenvalue weighted by molar-refractivity contribution is -0.133. The molecule has 1 heterocycles. The minimum Gasteiger partial charge on any atom is -0.341 e. The quantitative estimate of drug-likeness (QED) is 0.765. The number of amides is 1. The van der Waals surface area contributed by atoms with Crippen LogP contribution in [0.5, 0.6) is 0 Å². The van der Waals surface area contributed by atoms with Crippen LogP contribution < -0.4 is 5.32 Å². The number of hydrogen-bond donors (Lipinski definition) is 1. The van der Waals surface area contributed by atoms with Crippen molar-refractivity contribution >= 4 is 5.91 Å². The Morgan fingerprint density at radius 2 is 2.07 bits per heavy atom. The first-order chi connectivity index (χ1) is 7.00.